The lowest BCUT2D eigenvalue weighted by Crippen LogP contribution is -2.47. The van der Waals surface area contributed by atoms with Gasteiger partial charge >= 0.3 is 0 Å². The zero-order valence-corrected chi connectivity index (χ0v) is 16.7. The fourth-order valence-corrected chi connectivity index (χ4v) is 3.51. The third-order valence-electron chi connectivity index (χ3n) is 4.96. The molecule has 1 aliphatic rings. The number of nitrogens with zero attached hydrogens (tertiary/aromatic N) is 4. The Bertz CT molecular complexity index is 920. The van der Waals surface area contributed by atoms with Gasteiger partial charge in [0.25, 0.3) is 0 Å². The van der Waals surface area contributed by atoms with Crippen LogP contribution in [0.5, 0.6) is 0 Å². The fraction of sp³-hybridized carbons (Fsp3) is 0.273. The minimum absolute atomic E-state index is 0.703. The minimum atomic E-state index is 0.703. The lowest BCUT2D eigenvalue weighted by atomic mass is 10.2. The first-order valence-electron chi connectivity index (χ1n) is 9.55. The lowest BCUT2D eigenvalue weighted by molar-refractivity contribution is 0.640. The molecule has 0 unspecified atom stereocenters. The molecule has 0 bridgehead atoms. The Labute approximate surface area is 171 Å². The first-order chi connectivity index (χ1) is 13.7. The molecule has 5 nitrogen and oxygen atoms in total. The summed E-state index contributed by atoms with van der Waals surface area (Å²) >= 11 is 5.94. The van der Waals surface area contributed by atoms with Crippen LogP contribution in [-0.4, -0.2) is 36.1 Å². The molecule has 1 fully saturated rings. The van der Waals surface area contributed by atoms with Crippen molar-refractivity contribution in [2.24, 2.45) is 0 Å². The molecule has 0 atom stereocenters. The molecular formula is C22H24ClN5. The topological polar surface area (TPSA) is 44.3 Å². The zero-order chi connectivity index (χ0) is 19.3. The highest BCUT2D eigenvalue weighted by molar-refractivity contribution is 6.30. The van der Waals surface area contributed by atoms with Gasteiger partial charge in [0.1, 0.15) is 5.82 Å². The first-order valence-corrected chi connectivity index (χ1v) is 9.93. The van der Waals surface area contributed by atoms with Crippen molar-refractivity contribution in [3.8, 4) is 0 Å². The maximum Gasteiger partial charge on any atom is 0.227 e. The van der Waals surface area contributed by atoms with Gasteiger partial charge in [-0.2, -0.15) is 4.98 Å². The molecule has 144 valence electrons. The van der Waals surface area contributed by atoms with Crippen molar-refractivity contribution in [3.05, 3.63) is 76.9 Å². The monoisotopic (exact) mass is 393 g/mol. The van der Waals surface area contributed by atoms with Crippen LogP contribution in [0.4, 0.5) is 17.5 Å². The predicted octanol–water partition coefficient (Wildman–Crippen LogP) is 4.38. The smallest absolute Gasteiger partial charge is 0.227 e. The molecule has 6 heteroatoms. The van der Waals surface area contributed by atoms with Crippen LogP contribution in [0.2, 0.25) is 5.02 Å². The van der Waals surface area contributed by atoms with E-state index >= 15 is 0 Å². The molecule has 0 aliphatic carbocycles. The number of piperazine rings is 1. The van der Waals surface area contributed by atoms with E-state index in [-0.39, 0.29) is 0 Å². The van der Waals surface area contributed by atoms with Gasteiger partial charge in [-0.1, -0.05) is 35.9 Å². The highest BCUT2D eigenvalue weighted by atomic mass is 35.5. The molecule has 1 saturated heterocycles. The average Bonchev–Trinajstić information content (AvgIpc) is 2.74. The molecule has 2 aromatic carbocycles. The van der Waals surface area contributed by atoms with E-state index in [2.05, 4.69) is 51.3 Å². The van der Waals surface area contributed by atoms with Gasteiger partial charge in [0.15, 0.2) is 0 Å². The maximum atomic E-state index is 5.94. The number of hydrogen-bond donors (Lipinski definition) is 1. The standard InChI is InChI=1S/C22H24ClN5/c1-17-3-2-4-20(15-17)27-11-13-28(14-12-27)22-24-10-9-21(26-22)25-16-18-5-7-19(23)8-6-18/h2-10,15H,11-14,16H2,1H3,(H,24,25,26). The maximum absolute atomic E-state index is 5.94. The Morgan fingerprint density at radius 3 is 2.46 bits per heavy atom. The van der Waals surface area contributed by atoms with Crippen molar-refractivity contribution in [2.75, 3.05) is 41.3 Å². The van der Waals surface area contributed by atoms with Gasteiger partial charge in [-0.05, 0) is 48.4 Å². The van der Waals surface area contributed by atoms with Crippen molar-refractivity contribution in [2.45, 2.75) is 13.5 Å². The second-order valence-electron chi connectivity index (χ2n) is 7.04. The Morgan fingerprint density at radius 1 is 0.964 bits per heavy atom. The SMILES string of the molecule is Cc1cccc(N2CCN(c3nccc(NCc4ccc(Cl)cc4)n3)CC2)c1. The van der Waals surface area contributed by atoms with Crippen LogP contribution in [0.1, 0.15) is 11.1 Å². The third-order valence-corrected chi connectivity index (χ3v) is 5.21. The summed E-state index contributed by atoms with van der Waals surface area (Å²) in [4.78, 5) is 13.9. The number of benzene rings is 2. The van der Waals surface area contributed by atoms with E-state index in [1.807, 2.05) is 36.5 Å². The summed E-state index contributed by atoms with van der Waals surface area (Å²) in [6.45, 7) is 6.60. The number of rotatable bonds is 5. The number of halogens is 1. The molecule has 0 spiro atoms. The zero-order valence-electron chi connectivity index (χ0n) is 16.0. The van der Waals surface area contributed by atoms with E-state index in [9.17, 15) is 0 Å². The summed E-state index contributed by atoms with van der Waals surface area (Å²) in [5.41, 5.74) is 3.75. The van der Waals surface area contributed by atoms with Gasteiger partial charge in [-0.25, -0.2) is 4.98 Å². The van der Waals surface area contributed by atoms with Crippen LogP contribution < -0.4 is 15.1 Å². The van der Waals surface area contributed by atoms with Crippen molar-refractivity contribution in [1.82, 2.24) is 9.97 Å². The summed E-state index contributed by atoms with van der Waals surface area (Å²) in [6.07, 6.45) is 1.82. The summed E-state index contributed by atoms with van der Waals surface area (Å²) in [5.74, 6) is 1.62. The van der Waals surface area contributed by atoms with E-state index in [0.29, 0.717) is 6.54 Å². The summed E-state index contributed by atoms with van der Waals surface area (Å²) < 4.78 is 0. The molecule has 3 aromatic rings. The highest BCUT2D eigenvalue weighted by Crippen LogP contribution is 2.20. The number of hydrogen-bond acceptors (Lipinski definition) is 5. The first kappa shape index (κ1) is 18.6. The molecule has 1 aliphatic heterocycles. The average molecular weight is 394 g/mol. The Hall–Kier alpha value is -2.79. The van der Waals surface area contributed by atoms with Crippen molar-refractivity contribution < 1.29 is 0 Å². The highest BCUT2D eigenvalue weighted by Gasteiger charge is 2.19. The molecule has 0 saturated carbocycles. The molecule has 1 N–H and O–H groups in total. The molecule has 1 aromatic heterocycles. The second-order valence-corrected chi connectivity index (χ2v) is 7.47. The second kappa shape index (κ2) is 8.48. The van der Waals surface area contributed by atoms with Gasteiger partial charge in [0.2, 0.25) is 5.95 Å². The van der Waals surface area contributed by atoms with Gasteiger partial charge in [-0.15, -0.1) is 0 Å². The van der Waals surface area contributed by atoms with Gasteiger partial charge in [0.05, 0.1) is 0 Å². The van der Waals surface area contributed by atoms with Gasteiger partial charge in [0, 0.05) is 49.6 Å². The molecule has 2 heterocycles. The summed E-state index contributed by atoms with van der Waals surface area (Å²) in [7, 11) is 0. The number of anilines is 3. The Kier molecular flexibility index (Phi) is 5.63. The molecule has 0 amide bonds. The molecule has 0 radical (unpaired) electrons. The van der Waals surface area contributed by atoms with Gasteiger partial charge in [-0.3, -0.25) is 0 Å². The van der Waals surface area contributed by atoms with Crippen molar-refractivity contribution in [1.29, 1.82) is 0 Å². The van der Waals surface area contributed by atoms with E-state index < -0.39 is 0 Å². The van der Waals surface area contributed by atoms with Crippen LogP contribution in [0, 0.1) is 6.92 Å². The molecule has 4 rings (SSSR count). The predicted molar refractivity (Wildman–Crippen MR) is 116 cm³/mol. The van der Waals surface area contributed by atoms with Gasteiger partial charge < -0.3 is 15.1 Å². The van der Waals surface area contributed by atoms with Crippen LogP contribution in [0.25, 0.3) is 0 Å². The van der Waals surface area contributed by atoms with Crippen LogP contribution in [-0.2, 0) is 6.54 Å². The minimum Gasteiger partial charge on any atom is -0.368 e. The van der Waals surface area contributed by atoms with Crippen LogP contribution >= 0.6 is 11.6 Å². The normalized spacial score (nSPS) is 14.2. The summed E-state index contributed by atoms with van der Waals surface area (Å²) in [6, 6.07) is 18.4. The van der Waals surface area contributed by atoms with E-state index in [4.69, 9.17) is 16.6 Å². The van der Waals surface area contributed by atoms with E-state index in [1.54, 1.807) is 0 Å². The Balaban J connectivity index is 1.36. The van der Waals surface area contributed by atoms with E-state index in [1.165, 1.54) is 11.3 Å². The van der Waals surface area contributed by atoms with Crippen LogP contribution in [0.15, 0.2) is 60.8 Å². The largest absolute Gasteiger partial charge is 0.368 e. The van der Waals surface area contributed by atoms with Crippen molar-refractivity contribution >= 4 is 29.1 Å². The number of nitrogens with one attached hydrogen (secondary N) is 1. The van der Waals surface area contributed by atoms with Crippen LogP contribution in [0.3, 0.4) is 0 Å². The van der Waals surface area contributed by atoms with Crippen molar-refractivity contribution in [3.63, 3.8) is 0 Å². The third kappa shape index (κ3) is 4.54. The fourth-order valence-electron chi connectivity index (χ4n) is 3.38. The summed E-state index contributed by atoms with van der Waals surface area (Å²) in [5, 5.41) is 4.12. The Morgan fingerprint density at radius 2 is 1.71 bits per heavy atom. The quantitative estimate of drug-likeness (QED) is 0.697. The molecule has 28 heavy (non-hydrogen) atoms. The molecular weight excluding hydrogens is 370 g/mol. The lowest BCUT2D eigenvalue weighted by Gasteiger charge is -2.36. The number of aromatic nitrogens is 2. The van der Waals surface area contributed by atoms with E-state index in [0.717, 1.165) is 48.5 Å². The number of aryl methyl sites for hydroxylation is 1.